The van der Waals surface area contributed by atoms with Crippen LogP contribution in [-0.2, 0) is 16.4 Å². The highest BCUT2D eigenvalue weighted by Gasteiger charge is 2.10. The highest BCUT2D eigenvalue weighted by atomic mass is 35.5. The molecule has 0 aromatic heterocycles. The van der Waals surface area contributed by atoms with Gasteiger partial charge in [-0.1, -0.05) is 37.6 Å². The van der Waals surface area contributed by atoms with Crippen molar-refractivity contribution < 1.29 is 13.2 Å². The molecule has 0 saturated heterocycles. The molecule has 1 aromatic carbocycles. The molecule has 0 heterocycles. The lowest BCUT2D eigenvalue weighted by Crippen LogP contribution is -2.20. The zero-order valence-electron chi connectivity index (χ0n) is 12.1. The van der Waals surface area contributed by atoms with Gasteiger partial charge in [-0.3, -0.25) is 0 Å². The molecule has 0 bridgehead atoms. The third kappa shape index (κ3) is 6.59. The van der Waals surface area contributed by atoms with Gasteiger partial charge in [0.25, 0.3) is 0 Å². The summed E-state index contributed by atoms with van der Waals surface area (Å²) in [7, 11) is -3.03. The highest BCUT2D eigenvalue weighted by Crippen LogP contribution is 2.28. The van der Waals surface area contributed by atoms with Crippen LogP contribution in [0.3, 0.4) is 0 Å². The average molecular weight is 320 g/mol. The molecule has 0 atom stereocenters. The van der Waals surface area contributed by atoms with E-state index in [1.807, 2.05) is 12.1 Å². The van der Waals surface area contributed by atoms with E-state index in [4.69, 9.17) is 16.3 Å². The lowest BCUT2D eigenvalue weighted by Gasteiger charge is -2.14. The second-order valence-corrected chi connectivity index (χ2v) is 7.90. The van der Waals surface area contributed by atoms with Gasteiger partial charge in [0.05, 0.1) is 10.8 Å². The summed E-state index contributed by atoms with van der Waals surface area (Å²) in [5.41, 5.74) is 0.937. The van der Waals surface area contributed by atoms with Crippen LogP contribution in [0.15, 0.2) is 18.2 Å². The molecule has 1 aromatic rings. The van der Waals surface area contributed by atoms with Crippen LogP contribution in [0.1, 0.15) is 19.4 Å². The predicted molar refractivity (Wildman–Crippen MR) is 83.2 cm³/mol. The number of nitrogens with one attached hydrogen (secondary N) is 1. The van der Waals surface area contributed by atoms with E-state index in [-0.39, 0.29) is 12.4 Å². The summed E-state index contributed by atoms with van der Waals surface area (Å²) in [6, 6.07) is 5.52. The number of benzene rings is 1. The van der Waals surface area contributed by atoms with E-state index >= 15 is 0 Å². The molecular formula is C14H22ClNO3S. The molecule has 0 amide bonds. The molecule has 6 heteroatoms. The van der Waals surface area contributed by atoms with Crippen molar-refractivity contribution in [1.82, 2.24) is 5.32 Å². The van der Waals surface area contributed by atoms with Gasteiger partial charge in [0.15, 0.2) is 9.84 Å². The first-order chi connectivity index (χ1) is 9.29. The van der Waals surface area contributed by atoms with Crippen molar-refractivity contribution in [3.8, 4) is 5.75 Å². The quantitative estimate of drug-likeness (QED) is 0.800. The molecule has 114 valence electrons. The fraction of sp³-hybridized carbons (Fsp3) is 0.571. The van der Waals surface area contributed by atoms with E-state index in [0.29, 0.717) is 23.2 Å². The lowest BCUT2D eigenvalue weighted by atomic mass is 10.2. The minimum atomic E-state index is -3.03. The van der Waals surface area contributed by atoms with Gasteiger partial charge in [-0.05, 0) is 18.5 Å². The molecule has 0 spiro atoms. The molecule has 20 heavy (non-hydrogen) atoms. The van der Waals surface area contributed by atoms with Gasteiger partial charge in [-0.25, -0.2) is 8.42 Å². The zero-order valence-corrected chi connectivity index (χ0v) is 13.7. The number of hydrogen-bond donors (Lipinski definition) is 1. The summed E-state index contributed by atoms with van der Waals surface area (Å²) < 4.78 is 27.8. The highest BCUT2D eigenvalue weighted by molar-refractivity contribution is 7.90. The number of rotatable bonds is 8. The van der Waals surface area contributed by atoms with Crippen LogP contribution in [0.5, 0.6) is 5.75 Å². The Balaban J connectivity index is 2.67. The third-order valence-corrected chi connectivity index (χ3v) is 3.82. The molecule has 0 fully saturated rings. The number of ether oxygens (including phenoxy) is 1. The van der Waals surface area contributed by atoms with Gasteiger partial charge in [-0.2, -0.15) is 0 Å². The molecule has 1 N–H and O–H groups in total. The molecule has 0 saturated carbocycles. The number of sulfone groups is 1. The molecule has 0 aliphatic heterocycles. The van der Waals surface area contributed by atoms with E-state index in [2.05, 4.69) is 19.2 Å². The number of halogens is 1. The van der Waals surface area contributed by atoms with Crippen molar-refractivity contribution >= 4 is 21.4 Å². The molecule has 0 aliphatic carbocycles. The topological polar surface area (TPSA) is 55.4 Å². The van der Waals surface area contributed by atoms with Crippen molar-refractivity contribution in [2.75, 3.05) is 25.2 Å². The molecule has 0 radical (unpaired) electrons. The van der Waals surface area contributed by atoms with Crippen LogP contribution in [0.2, 0.25) is 5.02 Å². The SMILES string of the molecule is CC(C)CNCc1cccc(Cl)c1OCCS(C)(=O)=O. The minimum absolute atomic E-state index is 0.0168. The van der Waals surface area contributed by atoms with E-state index in [0.717, 1.165) is 12.1 Å². The van der Waals surface area contributed by atoms with Gasteiger partial charge in [0.1, 0.15) is 12.4 Å². The van der Waals surface area contributed by atoms with Crippen molar-refractivity contribution in [1.29, 1.82) is 0 Å². The Kier molecular flexibility index (Phi) is 6.79. The Morgan fingerprint density at radius 2 is 2.05 bits per heavy atom. The lowest BCUT2D eigenvalue weighted by molar-refractivity contribution is 0.336. The van der Waals surface area contributed by atoms with Crippen LogP contribution in [-0.4, -0.2) is 33.6 Å². The standard InChI is InChI=1S/C14H22ClNO3S/c1-11(2)9-16-10-12-5-4-6-13(15)14(12)19-7-8-20(3,17)18/h4-6,11,16H,7-10H2,1-3H3. The average Bonchev–Trinajstić information content (AvgIpc) is 2.30. The summed E-state index contributed by atoms with van der Waals surface area (Å²) in [6.45, 7) is 5.92. The van der Waals surface area contributed by atoms with Crippen molar-refractivity contribution in [3.63, 3.8) is 0 Å². The fourth-order valence-corrected chi connectivity index (χ4v) is 2.28. The van der Waals surface area contributed by atoms with Gasteiger partial charge >= 0.3 is 0 Å². The minimum Gasteiger partial charge on any atom is -0.491 e. The second kappa shape index (κ2) is 7.86. The van der Waals surface area contributed by atoms with Crippen LogP contribution in [0.25, 0.3) is 0 Å². The zero-order chi connectivity index (χ0) is 15.2. The van der Waals surface area contributed by atoms with Crippen molar-refractivity contribution in [2.45, 2.75) is 20.4 Å². The Morgan fingerprint density at radius 3 is 2.65 bits per heavy atom. The molecule has 0 aliphatic rings. The van der Waals surface area contributed by atoms with Gasteiger partial charge < -0.3 is 10.1 Å². The second-order valence-electron chi connectivity index (χ2n) is 5.23. The fourth-order valence-electron chi connectivity index (χ4n) is 1.64. The summed E-state index contributed by atoms with van der Waals surface area (Å²) in [6.07, 6.45) is 1.19. The first-order valence-corrected chi connectivity index (χ1v) is 9.02. The third-order valence-electron chi connectivity index (χ3n) is 2.62. The van der Waals surface area contributed by atoms with Crippen LogP contribution in [0, 0.1) is 5.92 Å². The van der Waals surface area contributed by atoms with Crippen molar-refractivity contribution in [2.24, 2.45) is 5.92 Å². The maximum Gasteiger partial charge on any atom is 0.150 e. The van der Waals surface area contributed by atoms with Gasteiger partial charge in [0, 0.05) is 18.4 Å². The van der Waals surface area contributed by atoms with Crippen LogP contribution < -0.4 is 10.1 Å². The Labute approximate surface area is 126 Å². The Bertz CT molecular complexity index is 529. The van der Waals surface area contributed by atoms with Crippen molar-refractivity contribution in [3.05, 3.63) is 28.8 Å². The Hall–Kier alpha value is -0.780. The van der Waals surface area contributed by atoms with Crippen LogP contribution >= 0.6 is 11.6 Å². The summed E-state index contributed by atoms with van der Waals surface area (Å²) in [5.74, 6) is 1.11. The predicted octanol–water partition coefficient (Wildman–Crippen LogP) is 2.51. The first-order valence-electron chi connectivity index (χ1n) is 6.58. The maximum atomic E-state index is 11.1. The summed E-state index contributed by atoms with van der Waals surface area (Å²) in [4.78, 5) is 0. The smallest absolute Gasteiger partial charge is 0.150 e. The van der Waals surface area contributed by atoms with E-state index in [1.165, 1.54) is 6.26 Å². The van der Waals surface area contributed by atoms with Gasteiger partial charge in [0.2, 0.25) is 0 Å². The van der Waals surface area contributed by atoms with E-state index in [9.17, 15) is 8.42 Å². The monoisotopic (exact) mass is 319 g/mol. The molecular weight excluding hydrogens is 298 g/mol. The van der Waals surface area contributed by atoms with Crippen LogP contribution in [0.4, 0.5) is 0 Å². The molecule has 4 nitrogen and oxygen atoms in total. The largest absolute Gasteiger partial charge is 0.491 e. The van der Waals surface area contributed by atoms with Gasteiger partial charge in [-0.15, -0.1) is 0 Å². The molecule has 0 unspecified atom stereocenters. The summed E-state index contributed by atoms with van der Waals surface area (Å²) >= 11 is 6.12. The maximum absolute atomic E-state index is 11.1. The normalized spacial score (nSPS) is 11.8. The number of hydrogen-bond acceptors (Lipinski definition) is 4. The van der Waals surface area contributed by atoms with E-state index < -0.39 is 9.84 Å². The Morgan fingerprint density at radius 1 is 1.35 bits per heavy atom. The molecule has 1 rings (SSSR count). The number of para-hydroxylation sites is 1. The summed E-state index contributed by atoms with van der Waals surface area (Å²) in [5, 5.41) is 3.82. The van der Waals surface area contributed by atoms with E-state index in [1.54, 1.807) is 6.07 Å². The first kappa shape index (κ1) is 17.3.